The molecule has 5 N–H and O–H groups in total. The van der Waals surface area contributed by atoms with E-state index < -0.39 is 11.4 Å². The van der Waals surface area contributed by atoms with E-state index in [4.69, 9.17) is 16.2 Å². The van der Waals surface area contributed by atoms with Crippen LogP contribution in [0.15, 0.2) is 24.3 Å². The van der Waals surface area contributed by atoms with Gasteiger partial charge >= 0.3 is 0 Å². The molecule has 0 unspecified atom stereocenters. The first-order chi connectivity index (χ1) is 9.91. The van der Waals surface area contributed by atoms with Gasteiger partial charge in [-0.1, -0.05) is 26.0 Å². The molecule has 0 bridgehead atoms. The maximum atomic E-state index is 12.2. The number of ether oxygens (including phenoxy) is 1. The summed E-state index contributed by atoms with van der Waals surface area (Å²) in [6.45, 7) is 4.08. The number of hydrogen-bond acceptors (Lipinski definition) is 4. The maximum absolute atomic E-state index is 12.2. The summed E-state index contributed by atoms with van der Waals surface area (Å²) in [5.41, 5.74) is 11.1. The molecule has 116 valence electrons. The number of benzene rings is 1. The first kappa shape index (κ1) is 17.0. The van der Waals surface area contributed by atoms with E-state index in [9.17, 15) is 9.59 Å². The van der Waals surface area contributed by atoms with Gasteiger partial charge in [0.25, 0.3) is 11.8 Å². The van der Waals surface area contributed by atoms with E-state index in [0.717, 1.165) is 12.8 Å². The average molecular weight is 293 g/mol. The van der Waals surface area contributed by atoms with Crippen LogP contribution in [0, 0.1) is 0 Å². The molecular weight excluding hydrogens is 270 g/mol. The minimum absolute atomic E-state index is 0.269. The Labute approximate surface area is 124 Å². The third-order valence-electron chi connectivity index (χ3n) is 3.51. The normalized spacial score (nSPS) is 11.0. The second-order valence-electron chi connectivity index (χ2n) is 5.00. The maximum Gasteiger partial charge on any atom is 0.255 e. The molecule has 0 atom stereocenters. The van der Waals surface area contributed by atoms with Crippen molar-refractivity contribution in [3.63, 3.8) is 0 Å². The molecular formula is C15H23N3O3. The Morgan fingerprint density at radius 2 is 1.86 bits per heavy atom. The summed E-state index contributed by atoms with van der Waals surface area (Å²) in [5.74, 6) is -0.556. The zero-order valence-corrected chi connectivity index (χ0v) is 12.5. The molecule has 0 aliphatic rings. The number of para-hydroxylation sites is 1. The average Bonchev–Trinajstić information content (AvgIpc) is 2.50. The zero-order chi connectivity index (χ0) is 15.9. The lowest BCUT2D eigenvalue weighted by molar-refractivity contribution is -0.119. The van der Waals surface area contributed by atoms with Gasteiger partial charge in [-0.05, 0) is 25.0 Å². The van der Waals surface area contributed by atoms with E-state index in [-0.39, 0.29) is 12.5 Å². The van der Waals surface area contributed by atoms with Crippen LogP contribution in [0.2, 0.25) is 0 Å². The fraction of sp³-hybridized carbons (Fsp3) is 0.467. The highest BCUT2D eigenvalue weighted by molar-refractivity contribution is 5.97. The Bertz CT molecular complexity index is 499. The highest BCUT2D eigenvalue weighted by Crippen LogP contribution is 2.18. The lowest BCUT2D eigenvalue weighted by Crippen LogP contribution is -2.49. The number of primary amides is 1. The van der Waals surface area contributed by atoms with Gasteiger partial charge in [0, 0.05) is 12.1 Å². The smallest absolute Gasteiger partial charge is 0.255 e. The molecule has 1 aromatic carbocycles. The van der Waals surface area contributed by atoms with Gasteiger partial charge in [-0.15, -0.1) is 0 Å². The lowest BCUT2D eigenvalue weighted by atomic mass is 9.94. The van der Waals surface area contributed by atoms with Crippen molar-refractivity contribution in [3.05, 3.63) is 29.8 Å². The first-order valence-corrected chi connectivity index (χ1v) is 6.99. The summed E-state index contributed by atoms with van der Waals surface area (Å²) in [4.78, 5) is 23.0. The molecule has 21 heavy (non-hydrogen) atoms. The van der Waals surface area contributed by atoms with Gasteiger partial charge in [-0.3, -0.25) is 9.59 Å². The van der Waals surface area contributed by atoms with Crippen molar-refractivity contribution in [2.75, 3.05) is 13.2 Å². The standard InChI is InChI=1S/C15H23N3O3/c1-3-15(17,4-2)10-18-14(20)11-7-5-6-8-12(11)21-9-13(16)19/h5-8H,3-4,9-10,17H2,1-2H3,(H2,16,19)(H,18,20). The summed E-state index contributed by atoms with van der Waals surface area (Å²) < 4.78 is 5.24. The summed E-state index contributed by atoms with van der Waals surface area (Å²) in [7, 11) is 0. The molecule has 0 radical (unpaired) electrons. The Balaban J connectivity index is 2.76. The molecule has 0 aromatic heterocycles. The van der Waals surface area contributed by atoms with Crippen LogP contribution >= 0.6 is 0 Å². The minimum atomic E-state index is -0.594. The van der Waals surface area contributed by atoms with Crippen molar-refractivity contribution < 1.29 is 14.3 Å². The number of rotatable bonds is 8. The largest absolute Gasteiger partial charge is 0.483 e. The van der Waals surface area contributed by atoms with E-state index in [0.29, 0.717) is 17.9 Å². The molecule has 0 heterocycles. The van der Waals surface area contributed by atoms with E-state index >= 15 is 0 Å². The van der Waals surface area contributed by atoms with Gasteiger partial charge in [0.2, 0.25) is 0 Å². The molecule has 0 spiro atoms. The fourth-order valence-corrected chi connectivity index (χ4v) is 1.78. The van der Waals surface area contributed by atoms with Crippen LogP contribution in [0.1, 0.15) is 37.0 Å². The van der Waals surface area contributed by atoms with Crippen molar-refractivity contribution in [1.82, 2.24) is 5.32 Å². The molecule has 1 aromatic rings. The molecule has 6 nitrogen and oxygen atoms in total. The first-order valence-electron chi connectivity index (χ1n) is 6.99. The Morgan fingerprint density at radius 3 is 2.43 bits per heavy atom. The molecule has 0 saturated heterocycles. The molecule has 2 amide bonds. The third-order valence-corrected chi connectivity index (χ3v) is 3.51. The van der Waals surface area contributed by atoms with E-state index in [1.807, 2.05) is 13.8 Å². The van der Waals surface area contributed by atoms with Gasteiger partial charge in [0.05, 0.1) is 5.56 Å². The van der Waals surface area contributed by atoms with E-state index in [1.165, 1.54) is 0 Å². The predicted octanol–water partition coefficient (Wildman–Crippen LogP) is 0.798. The lowest BCUT2D eigenvalue weighted by Gasteiger charge is -2.27. The van der Waals surface area contributed by atoms with Crippen molar-refractivity contribution >= 4 is 11.8 Å². The molecule has 0 saturated carbocycles. The molecule has 1 rings (SSSR count). The van der Waals surface area contributed by atoms with Crippen molar-refractivity contribution in [1.29, 1.82) is 0 Å². The van der Waals surface area contributed by atoms with Gasteiger partial charge in [-0.25, -0.2) is 0 Å². The molecule has 0 aliphatic heterocycles. The number of nitrogens with two attached hydrogens (primary N) is 2. The van der Waals surface area contributed by atoms with Crippen LogP contribution in [-0.4, -0.2) is 30.5 Å². The summed E-state index contributed by atoms with van der Waals surface area (Å²) >= 11 is 0. The van der Waals surface area contributed by atoms with Crippen LogP contribution in [-0.2, 0) is 4.79 Å². The highest BCUT2D eigenvalue weighted by Gasteiger charge is 2.22. The predicted molar refractivity (Wildman–Crippen MR) is 81.0 cm³/mol. The number of carbonyl (C=O) groups excluding carboxylic acids is 2. The second kappa shape index (κ2) is 7.64. The van der Waals surface area contributed by atoms with Crippen LogP contribution < -0.4 is 21.5 Å². The molecule has 0 aliphatic carbocycles. The minimum Gasteiger partial charge on any atom is -0.483 e. The van der Waals surface area contributed by atoms with Crippen LogP contribution in [0.25, 0.3) is 0 Å². The van der Waals surface area contributed by atoms with Gasteiger partial charge in [0.1, 0.15) is 5.75 Å². The van der Waals surface area contributed by atoms with Crippen LogP contribution in [0.3, 0.4) is 0 Å². The van der Waals surface area contributed by atoms with Gasteiger partial charge < -0.3 is 21.5 Å². The van der Waals surface area contributed by atoms with E-state index in [1.54, 1.807) is 24.3 Å². The quantitative estimate of drug-likeness (QED) is 0.658. The van der Waals surface area contributed by atoms with Gasteiger partial charge in [0.15, 0.2) is 6.61 Å². The van der Waals surface area contributed by atoms with E-state index in [2.05, 4.69) is 5.32 Å². The fourth-order valence-electron chi connectivity index (χ4n) is 1.78. The van der Waals surface area contributed by atoms with Crippen molar-refractivity contribution in [2.45, 2.75) is 32.2 Å². The SMILES string of the molecule is CCC(N)(CC)CNC(=O)c1ccccc1OCC(N)=O. The van der Waals surface area contributed by atoms with Crippen LogP contribution in [0.5, 0.6) is 5.75 Å². The summed E-state index contributed by atoms with van der Waals surface area (Å²) in [5, 5.41) is 2.81. The second-order valence-corrected chi connectivity index (χ2v) is 5.00. The molecule has 6 heteroatoms. The van der Waals surface area contributed by atoms with Gasteiger partial charge in [-0.2, -0.15) is 0 Å². The Morgan fingerprint density at radius 1 is 1.24 bits per heavy atom. The number of hydrogen-bond donors (Lipinski definition) is 3. The van der Waals surface area contributed by atoms with Crippen molar-refractivity contribution in [2.24, 2.45) is 11.5 Å². The number of nitrogens with one attached hydrogen (secondary N) is 1. The summed E-state index contributed by atoms with van der Waals surface area (Å²) in [6, 6.07) is 6.69. The Hall–Kier alpha value is -2.08. The monoisotopic (exact) mass is 293 g/mol. The zero-order valence-electron chi connectivity index (χ0n) is 12.5. The van der Waals surface area contributed by atoms with Crippen molar-refractivity contribution in [3.8, 4) is 5.75 Å². The highest BCUT2D eigenvalue weighted by atomic mass is 16.5. The number of carbonyl (C=O) groups is 2. The Kier molecular flexibility index (Phi) is 6.17. The third kappa shape index (κ3) is 5.07. The summed E-state index contributed by atoms with van der Waals surface area (Å²) in [6.07, 6.45) is 1.53. The topological polar surface area (TPSA) is 107 Å². The van der Waals surface area contributed by atoms with Crippen LogP contribution in [0.4, 0.5) is 0 Å². The molecule has 0 fully saturated rings. The number of amides is 2.